The molecule has 0 unspecified atom stereocenters. The van der Waals surface area contributed by atoms with Crippen LogP contribution in [-0.2, 0) is 11.2 Å². The van der Waals surface area contributed by atoms with E-state index in [4.69, 9.17) is 4.42 Å². The van der Waals surface area contributed by atoms with Gasteiger partial charge in [-0.15, -0.1) is 10.2 Å². The first-order chi connectivity index (χ1) is 12.2. The number of nitrogens with one attached hydrogen (secondary N) is 1. The molecular formula is C19H19N3O2S. The van der Waals surface area contributed by atoms with Crippen LogP contribution >= 0.6 is 11.8 Å². The molecule has 3 aromatic rings. The van der Waals surface area contributed by atoms with Gasteiger partial charge in [0.15, 0.2) is 0 Å². The average molecular weight is 353 g/mol. The van der Waals surface area contributed by atoms with Gasteiger partial charge in [0.1, 0.15) is 0 Å². The van der Waals surface area contributed by atoms with Crippen LogP contribution in [0.2, 0.25) is 0 Å². The van der Waals surface area contributed by atoms with E-state index in [1.54, 1.807) is 0 Å². The number of nitrogens with zero attached hydrogens (tertiary/aromatic N) is 2. The van der Waals surface area contributed by atoms with E-state index in [-0.39, 0.29) is 11.7 Å². The van der Waals surface area contributed by atoms with E-state index in [1.165, 1.54) is 22.9 Å². The minimum Gasteiger partial charge on any atom is -0.411 e. The van der Waals surface area contributed by atoms with Crippen LogP contribution in [0.25, 0.3) is 11.5 Å². The maximum Gasteiger partial charge on any atom is 0.277 e. The first-order valence-electron chi connectivity index (χ1n) is 8.05. The second-order valence-electron chi connectivity index (χ2n) is 5.61. The van der Waals surface area contributed by atoms with Gasteiger partial charge in [0.2, 0.25) is 11.8 Å². The summed E-state index contributed by atoms with van der Waals surface area (Å²) in [6, 6.07) is 17.9. The van der Waals surface area contributed by atoms with Gasteiger partial charge in [0, 0.05) is 12.1 Å². The van der Waals surface area contributed by atoms with Crippen molar-refractivity contribution in [1.82, 2.24) is 15.5 Å². The summed E-state index contributed by atoms with van der Waals surface area (Å²) in [6.07, 6.45) is 0.815. The van der Waals surface area contributed by atoms with Gasteiger partial charge in [-0.25, -0.2) is 0 Å². The molecule has 3 rings (SSSR count). The highest BCUT2D eigenvalue weighted by atomic mass is 32.2. The highest BCUT2D eigenvalue weighted by molar-refractivity contribution is 7.99. The minimum atomic E-state index is -0.0454. The topological polar surface area (TPSA) is 68.0 Å². The number of hydrogen-bond acceptors (Lipinski definition) is 5. The predicted octanol–water partition coefficient (Wildman–Crippen LogP) is 3.50. The van der Waals surface area contributed by atoms with Crippen LogP contribution in [0, 0.1) is 6.92 Å². The van der Waals surface area contributed by atoms with Crippen LogP contribution < -0.4 is 5.32 Å². The van der Waals surface area contributed by atoms with Gasteiger partial charge in [-0.2, -0.15) is 0 Å². The number of amides is 1. The molecule has 0 saturated carbocycles. The van der Waals surface area contributed by atoms with E-state index in [0.717, 1.165) is 12.0 Å². The maximum absolute atomic E-state index is 11.9. The second-order valence-corrected chi connectivity index (χ2v) is 6.54. The molecule has 1 N–H and O–H groups in total. The molecule has 0 aliphatic carbocycles. The van der Waals surface area contributed by atoms with Crippen molar-refractivity contribution >= 4 is 17.7 Å². The molecule has 6 heteroatoms. The van der Waals surface area contributed by atoms with Crippen molar-refractivity contribution in [2.24, 2.45) is 0 Å². The Morgan fingerprint density at radius 1 is 1.08 bits per heavy atom. The number of carbonyl (C=O) groups is 1. The van der Waals surface area contributed by atoms with E-state index >= 15 is 0 Å². The number of benzene rings is 2. The third-order valence-corrected chi connectivity index (χ3v) is 4.43. The van der Waals surface area contributed by atoms with Crippen molar-refractivity contribution in [2.45, 2.75) is 18.6 Å². The molecule has 0 aliphatic rings. The highest BCUT2D eigenvalue weighted by Gasteiger charge is 2.11. The van der Waals surface area contributed by atoms with Crippen LogP contribution in [0.3, 0.4) is 0 Å². The Balaban J connectivity index is 1.44. The van der Waals surface area contributed by atoms with Crippen LogP contribution in [0.5, 0.6) is 0 Å². The minimum absolute atomic E-state index is 0.0454. The molecule has 0 saturated heterocycles. The lowest BCUT2D eigenvalue weighted by Gasteiger charge is -2.04. The van der Waals surface area contributed by atoms with Crippen molar-refractivity contribution in [3.05, 3.63) is 65.7 Å². The molecule has 0 atom stereocenters. The molecule has 0 fully saturated rings. The zero-order valence-corrected chi connectivity index (χ0v) is 14.8. The van der Waals surface area contributed by atoms with E-state index in [9.17, 15) is 4.79 Å². The number of aromatic nitrogens is 2. The molecular weight excluding hydrogens is 334 g/mol. The van der Waals surface area contributed by atoms with Crippen LogP contribution in [0.1, 0.15) is 11.1 Å². The van der Waals surface area contributed by atoms with Crippen LogP contribution in [0.4, 0.5) is 0 Å². The second kappa shape index (κ2) is 8.48. The van der Waals surface area contributed by atoms with Crippen LogP contribution in [0.15, 0.2) is 64.2 Å². The Morgan fingerprint density at radius 3 is 2.60 bits per heavy atom. The normalized spacial score (nSPS) is 10.6. The number of hydrogen-bond donors (Lipinski definition) is 1. The Kier molecular flexibility index (Phi) is 5.85. The Morgan fingerprint density at radius 2 is 1.84 bits per heavy atom. The summed E-state index contributed by atoms with van der Waals surface area (Å²) in [7, 11) is 0. The molecule has 1 amide bonds. The van der Waals surface area contributed by atoms with Gasteiger partial charge in [-0.05, 0) is 31.0 Å². The maximum atomic E-state index is 11.9. The fourth-order valence-corrected chi connectivity index (χ4v) is 2.84. The molecule has 2 aromatic carbocycles. The summed E-state index contributed by atoms with van der Waals surface area (Å²) >= 11 is 1.24. The number of aryl methyl sites for hydroxylation is 1. The van der Waals surface area contributed by atoms with Gasteiger partial charge in [0.05, 0.1) is 5.75 Å². The summed E-state index contributed by atoms with van der Waals surface area (Å²) in [5.41, 5.74) is 3.25. The average Bonchev–Trinajstić information content (AvgIpc) is 3.10. The van der Waals surface area contributed by atoms with Crippen LogP contribution in [-0.4, -0.2) is 28.4 Å². The van der Waals surface area contributed by atoms with E-state index in [0.29, 0.717) is 17.7 Å². The number of carbonyl (C=O) groups excluding carboxylic acids is 1. The summed E-state index contributed by atoms with van der Waals surface area (Å²) in [5, 5.41) is 11.3. The highest BCUT2D eigenvalue weighted by Crippen LogP contribution is 2.23. The lowest BCUT2D eigenvalue weighted by molar-refractivity contribution is -0.118. The van der Waals surface area contributed by atoms with Gasteiger partial charge in [0.25, 0.3) is 5.22 Å². The molecule has 5 nitrogen and oxygen atoms in total. The standard InChI is InChI=1S/C19H19N3O2S/c1-14-7-9-16(10-8-14)18-21-22-19(24-18)25-13-17(23)20-12-11-15-5-3-2-4-6-15/h2-10H,11-13H2,1H3,(H,20,23). The molecule has 0 spiro atoms. The van der Waals surface area contributed by atoms with Crippen molar-refractivity contribution < 1.29 is 9.21 Å². The first kappa shape index (κ1) is 17.2. The number of thioether (sulfide) groups is 1. The van der Waals surface area contributed by atoms with Gasteiger partial charge < -0.3 is 9.73 Å². The predicted molar refractivity (Wildman–Crippen MR) is 98.4 cm³/mol. The van der Waals surface area contributed by atoms with Crippen molar-refractivity contribution in [3.63, 3.8) is 0 Å². The zero-order chi connectivity index (χ0) is 17.5. The molecule has 0 bridgehead atoms. The molecule has 0 radical (unpaired) electrons. The lowest BCUT2D eigenvalue weighted by atomic mass is 10.1. The fourth-order valence-electron chi connectivity index (χ4n) is 2.25. The van der Waals surface area contributed by atoms with Gasteiger partial charge in [-0.3, -0.25) is 4.79 Å². The summed E-state index contributed by atoms with van der Waals surface area (Å²) in [6.45, 7) is 2.64. The van der Waals surface area contributed by atoms with Crippen molar-refractivity contribution in [3.8, 4) is 11.5 Å². The Labute approximate surface area is 150 Å². The third-order valence-electron chi connectivity index (χ3n) is 3.61. The molecule has 1 heterocycles. The third kappa shape index (κ3) is 5.19. The SMILES string of the molecule is Cc1ccc(-c2nnc(SCC(=O)NCCc3ccccc3)o2)cc1. The van der Waals surface area contributed by atoms with E-state index < -0.39 is 0 Å². The lowest BCUT2D eigenvalue weighted by Crippen LogP contribution is -2.27. The summed E-state index contributed by atoms with van der Waals surface area (Å²) in [5.74, 6) is 0.674. The largest absolute Gasteiger partial charge is 0.411 e. The Hall–Kier alpha value is -2.60. The smallest absolute Gasteiger partial charge is 0.277 e. The molecule has 0 aliphatic heterocycles. The zero-order valence-electron chi connectivity index (χ0n) is 13.9. The molecule has 128 valence electrons. The summed E-state index contributed by atoms with van der Waals surface area (Å²) < 4.78 is 5.59. The van der Waals surface area contributed by atoms with Gasteiger partial charge >= 0.3 is 0 Å². The molecule has 25 heavy (non-hydrogen) atoms. The Bertz CT molecular complexity index is 816. The van der Waals surface area contributed by atoms with E-state index in [1.807, 2.05) is 61.5 Å². The van der Waals surface area contributed by atoms with E-state index in [2.05, 4.69) is 15.5 Å². The van der Waals surface area contributed by atoms with Crippen molar-refractivity contribution in [2.75, 3.05) is 12.3 Å². The number of rotatable bonds is 7. The summed E-state index contributed by atoms with van der Waals surface area (Å²) in [4.78, 5) is 11.9. The fraction of sp³-hybridized carbons (Fsp3) is 0.211. The monoisotopic (exact) mass is 353 g/mol. The van der Waals surface area contributed by atoms with Crippen molar-refractivity contribution in [1.29, 1.82) is 0 Å². The van der Waals surface area contributed by atoms with Gasteiger partial charge in [-0.1, -0.05) is 59.8 Å². The molecule has 1 aromatic heterocycles. The quantitative estimate of drug-likeness (QED) is 0.659. The first-order valence-corrected chi connectivity index (χ1v) is 9.03.